The fourth-order valence-corrected chi connectivity index (χ4v) is 6.61. The average molecular weight is 567 g/mol. The summed E-state index contributed by atoms with van der Waals surface area (Å²) in [5.41, 5.74) is 8.95. The van der Waals surface area contributed by atoms with Crippen LogP contribution in [0.4, 0.5) is 5.69 Å². The van der Waals surface area contributed by atoms with Gasteiger partial charge in [-0.05, 0) is 68.6 Å². The van der Waals surface area contributed by atoms with E-state index in [2.05, 4.69) is 27.8 Å². The Hall–Kier alpha value is -3.08. The summed E-state index contributed by atoms with van der Waals surface area (Å²) in [5, 5.41) is 8.47. The van der Waals surface area contributed by atoms with Crippen molar-refractivity contribution < 1.29 is 14.4 Å². The van der Waals surface area contributed by atoms with Crippen LogP contribution in [0.2, 0.25) is 0 Å². The van der Waals surface area contributed by atoms with E-state index in [0.717, 1.165) is 30.9 Å². The SMILES string of the molecule is CCN1C(=O)[C@@H](CNc2ccc(C(=O)NCCN3CCCC3)cc2)SC1[C@H](N)C(=O)NCC(C)c1ccccc1. The highest BCUT2D eigenvalue weighted by molar-refractivity contribution is 8.01. The number of hydrogen-bond acceptors (Lipinski definition) is 7. The lowest BCUT2D eigenvalue weighted by Crippen LogP contribution is -2.53. The molecule has 2 unspecified atom stereocenters. The molecule has 9 nitrogen and oxygen atoms in total. The number of likely N-dealkylation sites (tertiary alicyclic amines) is 1. The van der Waals surface area contributed by atoms with E-state index in [9.17, 15) is 14.4 Å². The number of hydrogen-bond donors (Lipinski definition) is 4. The standard InChI is InChI=1S/C30H42N6O3S/c1-3-36-29(39)25(40-30(36)26(31)28(38)34-19-21(2)22-9-5-4-6-10-22)20-33-24-13-11-23(12-14-24)27(37)32-15-18-35-16-7-8-17-35/h4-6,9-14,21,25-26,30,33H,3,7-8,15-20,31H2,1-2H3,(H,32,37)(H,34,38)/t21?,25-,26-,30?/m1/s1. The van der Waals surface area contributed by atoms with Crippen LogP contribution < -0.4 is 21.7 Å². The molecule has 3 amide bonds. The molecule has 4 atom stereocenters. The van der Waals surface area contributed by atoms with Crippen LogP contribution in [0.3, 0.4) is 0 Å². The van der Waals surface area contributed by atoms with Crippen LogP contribution in [0.15, 0.2) is 54.6 Å². The van der Waals surface area contributed by atoms with Gasteiger partial charge in [-0.25, -0.2) is 0 Å². The van der Waals surface area contributed by atoms with Crippen LogP contribution in [-0.4, -0.2) is 90.0 Å². The fraction of sp³-hybridized carbons (Fsp3) is 0.500. The van der Waals surface area contributed by atoms with Crippen molar-refractivity contribution >= 4 is 35.2 Å². The largest absolute Gasteiger partial charge is 0.383 e. The highest BCUT2D eigenvalue weighted by atomic mass is 32.2. The number of carbonyl (C=O) groups excluding carboxylic acids is 3. The Morgan fingerprint density at radius 3 is 2.42 bits per heavy atom. The number of nitrogens with two attached hydrogens (primary N) is 1. The third-order valence-electron chi connectivity index (χ3n) is 7.62. The van der Waals surface area contributed by atoms with Crippen molar-refractivity contribution in [2.45, 2.75) is 49.3 Å². The fourth-order valence-electron chi connectivity index (χ4n) is 5.15. The van der Waals surface area contributed by atoms with E-state index < -0.39 is 11.4 Å². The molecular weight excluding hydrogens is 524 g/mol. The van der Waals surface area contributed by atoms with E-state index in [1.165, 1.54) is 24.6 Å². The number of thioether (sulfide) groups is 1. The highest BCUT2D eigenvalue weighted by Crippen LogP contribution is 2.33. The van der Waals surface area contributed by atoms with Gasteiger partial charge in [0, 0.05) is 44.0 Å². The number of likely N-dealkylation sites (N-methyl/N-ethyl adjacent to an activating group) is 1. The summed E-state index contributed by atoms with van der Waals surface area (Å²) < 4.78 is 0. The third kappa shape index (κ3) is 7.77. The zero-order valence-electron chi connectivity index (χ0n) is 23.5. The van der Waals surface area contributed by atoms with E-state index in [0.29, 0.717) is 31.7 Å². The lowest BCUT2D eigenvalue weighted by molar-refractivity contribution is -0.131. The summed E-state index contributed by atoms with van der Waals surface area (Å²) in [6, 6.07) is 16.5. The quantitative estimate of drug-likeness (QED) is 0.294. The van der Waals surface area contributed by atoms with Gasteiger partial charge in [0.2, 0.25) is 11.8 Å². The predicted octanol–water partition coefficient (Wildman–Crippen LogP) is 2.46. The van der Waals surface area contributed by atoms with Crippen LogP contribution >= 0.6 is 11.8 Å². The second kappa shape index (κ2) is 14.5. The minimum absolute atomic E-state index is 0.0279. The van der Waals surface area contributed by atoms with Crippen LogP contribution in [0.1, 0.15) is 48.5 Å². The van der Waals surface area contributed by atoms with Crippen molar-refractivity contribution in [1.82, 2.24) is 20.4 Å². The first-order valence-electron chi connectivity index (χ1n) is 14.3. The van der Waals surface area contributed by atoms with Crippen molar-refractivity contribution in [3.05, 3.63) is 65.7 Å². The van der Waals surface area contributed by atoms with E-state index in [1.54, 1.807) is 17.0 Å². The molecule has 40 heavy (non-hydrogen) atoms. The molecule has 4 rings (SSSR count). The Labute approximate surface area is 241 Å². The van der Waals surface area contributed by atoms with Crippen LogP contribution in [0, 0.1) is 0 Å². The van der Waals surface area contributed by atoms with Gasteiger partial charge in [-0.2, -0.15) is 0 Å². The molecule has 2 aromatic rings. The zero-order valence-corrected chi connectivity index (χ0v) is 24.3. The zero-order chi connectivity index (χ0) is 28.5. The maximum absolute atomic E-state index is 13.1. The second-order valence-corrected chi connectivity index (χ2v) is 11.8. The Morgan fingerprint density at radius 1 is 1.05 bits per heavy atom. The van der Waals surface area contributed by atoms with Crippen molar-refractivity contribution in [3.63, 3.8) is 0 Å². The van der Waals surface area contributed by atoms with Gasteiger partial charge in [-0.15, -0.1) is 11.8 Å². The Balaban J connectivity index is 1.24. The smallest absolute Gasteiger partial charge is 0.251 e. The first-order chi connectivity index (χ1) is 19.4. The van der Waals surface area contributed by atoms with Crippen molar-refractivity contribution in [1.29, 1.82) is 0 Å². The van der Waals surface area contributed by atoms with Gasteiger partial charge in [0.25, 0.3) is 5.91 Å². The van der Waals surface area contributed by atoms with Gasteiger partial charge >= 0.3 is 0 Å². The minimum atomic E-state index is -0.829. The van der Waals surface area contributed by atoms with Crippen LogP contribution in [-0.2, 0) is 9.59 Å². The van der Waals surface area contributed by atoms with E-state index in [1.807, 2.05) is 49.4 Å². The summed E-state index contributed by atoms with van der Waals surface area (Å²) in [4.78, 5) is 42.5. The number of carbonyl (C=O) groups is 3. The highest BCUT2D eigenvalue weighted by Gasteiger charge is 2.44. The Bertz CT molecular complexity index is 1130. The minimum Gasteiger partial charge on any atom is -0.383 e. The summed E-state index contributed by atoms with van der Waals surface area (Å²) >= 11 is 1.43. The maximum Gasteiger partial charge on any atom is 0.251 e. The number of nitrogens with one attached hydrogen (secondary N) is 3. The van der Waals surface area contributed by atoms with Gasteiger partial charge in [0.1, 0.15) is 16.7 Å². The van der Waals surface area contributed by atoms with E-state index in [4.69, 9.17) is 5.73 Å². The summed E-state index contributed by atoms with van der Waals surface area (Å²) in [6.45, 7) is 9.07. The molecule has 0 radical (unpaired) electrons. The van der Waals surface area contributed by atoms with E-state index >= 15 is 0 Å². The van der Waals surface area contributed by atoms with Crippen molar-refractivity contribution in [2.75, 3.05) is 51.1 Å². The monoisotopic (exact) mass is 566 g/mol. The molecule has 2 aromatic carbocycles. The molecule has 5 N–H and O–H groups in total. The first-order valence-corrected chi connectivity index (χ1v) is 15.2. The molecule has 0 saturated carbocycles. The third-order valence-corrected chi connectivity index (χ3v) is 9.15. The number of benzene rings is 2. The molecule has 216 valence electrons. The predicted molar refractivity (Wildman–Crippen MR) is 161 cm³/mol. The van der Waals surface area contributed by atoms with Gasteiger partial charge in [-0.3, -0.25) is 14.4 Å². The molecule has 0 aliphatic carbocycles. The maximum atomic E-state index is 13.1. The molecule has 2 fully saturated rings. The van der Waals surface area contributed by atoms with Crippen LogP contribution in [0.5, 0.6) is 0 Å². The summed E-state index contributed by atoms with van der Waals surface area (Å²) in [5.74, 6) is -0.213. The number of anilines is 1. The molecule has 2 heterocycles. The molecule has 0 bridgehead atoms. The summed E-state index contributed by atoms with van der Waals surface area (Å²) in [6.07, 6.45) is 2.47. The normalized spacial score (nSPS) is 20.8. The molecule has 2 saturated heterocycles. The van der Waals surface area contributed by atoms with Crippen molar-refractivity contribution in [3.8, 4) is 0 Å². The topological polar surface area (TPSA) is 120 Å². The molecule has 2 aliphatic rings. The van der Waals surface area contributed by atoms with Gasteiger partial charge in [0.15, 0.2) is 0 Å². The number of nitrogens with zero attached hydrogens (tertiary/aromatic N) is 2. The molecule has 0 spiro atoms. The summed E-state index contributed by atoms with van der Waals surface area (Å²) in [7, 11) is 0. The van der Waals surface area contributed by atoms with Crippen LogP contribution in [0.25, 0.3) is 0 Å². The Kier molecular flexibility index (Phi) is 10.9. The molecule has 2 aliphatic heterocycles. The lowest BCUT2D eigenvalue weighted by atomic mass is 10.0. The van der Waals surface area contributed by atoms with E-state index in [-0.39, 0.29) is 28.9 Å². The average Bonchev–Trinajstić information content (AvgIpc) is 3.62. The van der Waals surface area contributed by atoms with Crippen molar-refractivity contribution in [2.24, 2.45) is 5.73 Å². The molecule has 10 heteroatoms. The number of amides is 3. The first kappa shape index (κ1) is 29.9. The van der Waals surface area contributed by atoms with Gasteiger partial charge < -0.3 is 31.5 Å². The molecule has 0 aromatic heterocycles. The second-order valence-electron chi connectivity index (χ2n) is 10.5. The Morgan fingerprint density at radius 2 is 1.75 bits per heavy atom. The lowest BCUT2D eigenvalue weighted by Gasteiger charge is -2.27. The van der Waals surface area contributed by atoms with Gasteiger partial charge in [0.05, 0.1) is 0 Å². The number of rotatable bonds is 13. The van der Waals surface area contributed by atoms with Gasteiger partial charge in [-0.1, -0.05) is 37.3 Å². The molecular formula is C30H42N6O3S.